The molecule has 31 heavy (non-hydrogen) atoms. The van der Waals surface area contributed by atoms with Crippen molar-refractivity contribution < 1.29 is 18.4 Å². The molecule has 2 aromatic rings. The molecular formula is C25H35FN2O3. The van der Waals surface area contributed by atoms with Crippen molar-refractivity contribution in [3.63, 3.8) is 0 Å². The van der Waals surface area contributed by atoms with Crippen LogP contribution >= 0.6 is 0 Å². The van der Waals surface area contributed by atoms with Crippen LogP contribution in [0.1, 0.15) is 70.1 Å². The highest BCUT2D eigenvalue weighted by Gasteiger charge is 2.22. The minimum Gasteiger partial charge on any atom is -0.467 e. The molecule has 1 aromatic heterocycles. The van der Waals surface area contributed by atoms with Crippen molar-refractivity contribution in [2.75, 3.05) is 13.1 Å². The van der Waals surface area contributed by atoms with Crippen LogP contribution in [0.5, 0.6) is 0 Å². The summed E-state index contributed by atoms with van der Waals surface area (Å²) in [6.45, 7) is 5.40. The molecule has 2 amide bonds. The van der Waals surface area contributed by atoms with Gasteiger partial charge in [0.25, 0.3) is 0 Å². The summed E-state index contributed by atoms with van der Waals surface area (Å²) in [4.78, 5) is 29.2. The SMILES string of the molecule is CCCCCCCC(=O)N(CCC)CC(=O)N(Cc1ccc(F)cc1)Cc1ccco1. The molecule has 0 aliphatic rings. The van der Waals surface area contributed by atoms with E-state index in [0.29, 0.717) is 31.8 Å². The van der Waals surface area contributed by atoms with Crippen LogP contribution in [-0.2, 0) is 22.7 Å². The van der Waals surface area contributed by atoms with E-state index in [4.69, 9.17) is 4.42 Å². The van der Waals surface area contributed by atoms with Gasteiger partial charge in [0.2, 0.25) is 11.8 Å². The number of furan rings is 1. The van der Waals surface area contributed by atoms with E-state index in [9.17, 15) is 14.0 Å². The smallest absolute Gasteiger partial charge is 0.242 e. The van der Waals surface area contributed by atoms with Crippen LogP contribution < -0.4 is 0 Å². The molecule has 6 heteroatoms. The van der Waals surface area contributed by atoms with Crippen molar-refractivity contribution in [1.29, 1.82) is 0 Å². The molecule has 0 N–H and O–H groups in total. The van der Waals surface area contributed by atoms with Crippen molar-refractivity contribution in [3.8, 4) is 0 Å². The highest BCUT2D eigenvalue weighted by atomic mass is 19.1. The monoisotopic (exact) mass is 430 g/mol. The Balaban J connectivity index is 2.02. The molecular weight excluding hydrogens is 395 g/mol. The maximum Gasteiger partial charge on any atom is 0.242 e. The second-order valence-electron chi connectivity index (χ2n) is 7.94. The Kier molecular flexibility index (Phi) is 10.8. The van der Waals surface area contributed by atoms with E-state index in [1.54, 1.807) is 34.3 Å². The number of nitrogens with zero attached hydrogens (tertiary/aromatic N) is 2. The van der Waals surface area contributed by atoms with E-state index in [1.165, 1.54) is 25.0 Å². The fraction of sp³-hybridized carbons (Fsp3) is 0.520. The van der Waals surface area contributed by atoms with E-state index < -0.39 is 0 Å². The predicted octanol–water partition coefficient (Wildman–Crippen LogP) is 5.55. The standard InChI is InChI=1S/C25H35FN2O3/c1-3-5-6-7-8-11-24(29)27(16-4-2)20-25(30)28(19-23-10-9-17-31-23)18-21-12-14-22(26)15-13-21/h9-10,12-15,17H,3-8,11,16,18-20H2,1-2H3. The van der Waals surface area contributed by atoms with Crippen molar-refractivity contribution in [2.45, 2.75) is 71.9 Å². The van der Waals surface area contributed by atoms with E-state index in [0.717, 1.165) is 31.2 Å². The lowest BCUT2D eigenvalue weighted by Crippen LogP contribution is -2.42. The zero-order valence-electron chi connectivity index (χ0n) is 18.8. The molecule has 0 unspecified atom stereocenters. The lowest BCUT2D eigenvalue weighted by Gasteiger charge is -2.27. The average Bonchev–Trinajstić information content (AvgIpc) is 3.27. The Labute approximate surface area is 185 Å². The number of benzene rings is 1. The zero-order valence-corrected chi connectivity index (χ0v) is 18.8. The molecule has 1 aromatic carbocycles. The summed E-state index contributed by atoms with van der Waals surface area (Å²) in [5.41, 5.74) is 0.825. The third-order valence-electron chi connectivity index (χ3n) is 5.23. The summed E-state index contributed by atoms with van der Waals surface area (Å²) in [5.74, 6) is 0.242. The summed E-state index contributed by atoms with van der Waals surface area (Å²) in [7, 11) is 0. The summed E-state index contributed by atoms with van der Waals surface area (Å²) >= 11 is 0. The normalized spacial score (nSPS) is 10.8. The van der Waals surface area contributed by atoms with Crippen molar-refractivity contribution in [2.24, 2.45) is 0 Å². The van der Waals surface area contributed by atoms with Crippen LogP contribution in [-0.4, -0.2) is 34.7 Å². The van der Waals surface area contributed by atoms with Gasteiger partial charge in [-0.15, -0.1) is 0 Å². The number of unbranched alkanes of at least 4 members (excludes halogenated alkanes) is 4. The first-order valence-electron chi connectivity index (χ1n) is 11.4. The molecule has 0 fully saturated rings. The van der Waals surface area contributed by atoms with Gasteiger partial charge in [0.15, 0.2) is 0 Å². The van der Waals surface area contributed by atoms with E-state index in [-0.39, 0.29) is 24.2 Å². The van der Waals surface area contributed by atoms with Gasteiger partial charge >= 0.3 is 0 Å². The first kappa shape index (κ1) is 24.6. The van der Waals surface area contributed by atoms with Crippen LogP contribution in [0.15, 0.2) is 47.1 Å². The Morgan fingerprint density at radius 3 is 2.26 bits per heavy atom. The van der Waals surface area contributed by atoms with Crippen LogP contribution in [0.25, 0.3) is 0 Å². The van der Waals surface area contributed by atoms with Crippen molar-refractivity contribution >= 4 is 11.8 Å². The topological polar surface area (TPSA) is 53.8 Å². The number of carbonyl (C=O) groups is 2. The average molecular weight is 431 g/mol. The molecule has 1 heterocycles. The van der Waals surface area contributed by atoms with Crippen LogP contribution in [0.4, 0.5) is 4.39 Å². The van der Waals surface area contributed by atoms with Gasteiger partial charge in [-0.2, -0.15) is 0 Å². The maximum atomic E-state index is 13.3. The second-order valence-corrected chi connectivity index (χ2v) is 7.94. The Bertz CT molecular complexity index is 775. The molecule has 0 spiro atoms. The van der Waals surface area contributed by atoms with Crippen LogP contribution in [0.2, 0.25) is 0 Å². The fourth-order valence-electron chi connectivity index (χ4n) is 3.50. The van der Waals surface area contributed by atoms with E-state index >= 15 is 0 Å². The first-order valence-corrected chi connectivity index (χ1v) is 11.4. The quantitative estimate of drug-likeness (QED) is 0.369. The maximum absolute atomic E-state index is 13.3. The lowest BCUT2D eigenvalue weighted by atomic mass is 10.1. The third-order valence-corrected chi connectivity index (χ3v) is 5.23. The van der Waals surface area contributed by atoms with Crippen LogP contribution in [0.3, 0.4) is 0 Å². The van der Waals surface area contributed by atoms with Gasteiger partial charge in [-0.1, -0.05) is 51.7 Å². The highest BCUT2D eigenvalue weighted by molar-refractivity contribution is 5.84. The number of rotatable bonds is 14. The molecule has 5 nitrogen and oxygen atoms in total. The van der Waals surface area contributed by atoms with Gasteiger partial charge in [0.1, 0.15) is 11.6 Å². The lowest BCUT2D eigenvalue weighted by molar-refractivity contribution is -0.141. The zero-order chi connectivity index (χ0) is 22.5. The van der Waals surface area contributed by atoms with E-state index in [2.05, 4.69) is 6.92 Å². The number of carbonyl (C=O) groups excluding carboxylic acids is 2. The summed E-state index contributed by atoms with van der Waals surface area (Å²) < 4.78 is 18.7. The number of hydrogen-bond acceptors (Lipinski definition) is 3. The summed E-state index contributed by atoms with van der Waals surface area (Å²) in [5, 5.41) is 0. The van der Waals surface area contributed by atoms with Gasteiger partial charge in [0.05, 0.1) is 19.4 Å². The van der Waals surface area contributed by atoms with Gasteiger partial charge < -0.3 is 14.2 Å². The largest absolute Gasteiger partial charge is 0.467 e. The molecule has 0 bridgehead atoms. The molecule has 170 valence electrons. The molecule has 0 aliphatic carbocycles. The van der Waals surface area contributed by atoms with Crippen LogP contribution in [0, 0.1) is 5.82 Å². The molecule has 0 saturated carbocycles. The highest BCUT2D eigenvalue weighted by Crippen LogP contribution is 2.14. The van der Waals surface area contributed by atoms with Gasteiger partial charge in [-0.25, -0.2) is 4.39 Å². The number of halogens is 1. The molecule has 0 radical (unpaired) electrons. The summed E-state index contributed by atoms with van der Waals surface area (Å²) in [6.07, 6.45) is 8.26. The first-order chi connectivity index (χ1) is 15.0. The Morgan fingerprint density at radius 1 is 0.871 bits per heavy atom. The molecule has 0 saturated heterocycles. The number of amides is 2. The third kappa shape index (κ3) is 8.95. The predicted molar refractivity (Wildman–Crippen MR) is 120 cm³/mol. The van der Waals surface area contributed by atoms with Crippen molar-refractivity contribution in [1.82, 2.24) is 9.80 Å². The van der Waals surface area contributed by atoms with Gasteiger partial charge in [-0.3, -0.25) is 9.59 Å². The minimum absolute atomic E-state index is 0.0337. The molecule has 0 aliphatic heterocycles. The fourth-order valence-corrected chi connectivity index (χ4v) is 3.50. The minimum atomic E-state index is -0.314. The Hall–Kier alpha value is -2.63. The van der Waals surface area contributed by atoms with Gasteiger partial charge in [-0.05, 0) is 42.7 Å². The number of hydrogen-bond donors (Lipinski definition) is 0. The van der Waals surface area contributed by atoms with Gasteiger partial charge in [0, 0.05) is 19.5 Å². The summed E-state index contributed by atoms with van der Waals surface area (Å²) in [6, 6.07) is 9.70. The van der Waals surface area contributed by atoms with E-state index in [1.807, 2.05) is 13.0 Å². The molecule has 0 atom stereocenters. The second kappa shape index (κ2) is 13.6. The Morgan fingerprint density at radius 2 is 1.61 bits per heavy atom. The van der Waals surface area contributed by atoms with Crippen molar-refractivity contribution in [3.05, 3.63) is 59.8 Å². The molecule has 2 rings (SSSR count).